The topological polar surface area (TPSA) is 47.4 Å². The zero-order chi connectivity index (χ0) is 45.9. The molecule has 4 aliphatic carbocycles. The Kier molecular flexibility index (Phi) is 6.49. The predicted octanol–water partition coefficient (Wildman–Crippen LogP) is 16.9. The van der Waals surface area contributed by atoms with Gasteiger partial charge in [-0.1, -0.05) is 188 Å². The van der Waals surface area contributed by atoms with Crippen LogP contribution in [-0.4, -0.2) is 15.0 Å². The SMILES string of the molecule is c1ccc2c(c1)-c1cc3c(cc1C21c2ccccc2-c2c(-c4ccc5c(c4)[nH]c4c6c(ccc45)C4(c5ccccc5-c5c4ccc4c5[nH]c5ccccc54)c4ccccc4-6)cccc21)[nH]c1ccccc13. The maximum Gasteiger partial charge on any atom is 0.0727 e. The summed E-state index contributed by atoms with van der Waals surface area (Å²) in [6.45, 7) is 0. The fraction of sp³-hybridized carbons (Fsp3) is 0.0294. The van der Waals surface area contributed by atoms with Crippen molar-refractivity contribution in [2.24, 2.45) is 0 Å². The number of para-hydroxylation sites is 2. The minimum Gasteiger partial charge on any atom is -0.355 e. The molecule has 3 aromatic heterocycles. The molecule has 0 saturated heterocycles. The molecule has 0 bridgehead atoms. The van der Waals surface area contributed by atoms with Gasteiger partial charge in [0.1, 0.15) is 0 Å². The van der Waals surface area contributed by atoms with E-state index in [-0.39, 0.29) is 0 Å². The standard InChI is InChI=1S/C68H39N3/c1-7-21-50-39(14-1)48-35-49-41-16-6-11-26-58(41)69-61(49)36-57(48)68(50)51-22-8-2-17-45(51)62-38(20-13-25-54(62)68)37-28-29-42-44-31-33-56-64(66(44)71-60(42)34-37)47-19-4-10-24-53(47)67(56)52-23-9-3-18-46(52)63-55(67)32-30-43-40-15-5-12-27-59(40)70-65(43)63/h1-36,69-71H. The number of hydrogen-bond donors (Lipinski definition) is 3. The van der Waals surface area contributed by atoms with Crippen LogP contribution in [0.2, 0.25) is 0 Å². The first-order chi connectivity index (χ1) is 35.2. The van der Waals surface area contributed by atoms with E-state index in [4.69, 9.17) is 0 Å². The summed E-state index contributed by atoms with van der Waals surface area (Å²) in [5, 5.41) is 7.56. The van der Waals surface area contributed by atoms with Crippen LogP contribution in [0, 0.1) is 0 Å². The number of fused-ring (bicyclic) bond motifs is 31. The lowest BCUT2D eigenvalue weighted by molar-refractivity contribution is 0.795. The molecular weight excluding hydrogens is 859 g/mol. The molecule has 71 heavy (non-hydrogen) atoms. The van der Waals surface area contributed by atoms with Crippen molar-refractivity contribution in [1.82, 2.24) is 15.0 Å². The third kappa shape index (κ3) is 4.13. The second-order valence-corrected chi connectivity index (χ2v) is 20.4. The molecule has 18 rings (SSSR count). The van der Waals surface area contributed by atoms with Crippen LogP contribution in [0.5, 0.6) is 0 Å². The van der Waals surface area contributed by atoms with Crippen molar-refractivity contribution in [3.63, 3.8) is 0 Å². The molecule has 11 aromatic carbocycles. The molecule has 0 amide bonds. The second kappa shape index (κ2) is 12.5. The summed E-state index contributed by atoms with van der Waals surface area (Å²) >= 11 is 0. The molecule has 0 fully saturated rings. The van der Waals surface area contributed by atoms with Gasteiger partial charge in [-0.2, -0.15) is 0 Å². The maximum atomic E-state index is 4.11. The summed E-state index contributed by atoms with van der Waals surface area (Å²) in [4.78, 5) is 11.8. The van der Waals surface area contributed by atoms with E-state index >= 15 is 0 Å². The summed E-state index contributed by atoms with van der Waals surface area (Å²) in [7, 11) is 0. The number of benzene rings is 11. The van der Waals surface area contributed by atoms with E-state index in [1.807, 2.05) is 0 Å². The molecule has 0 radical (unpaired) electrons. The number of aromatic amines is 3. The molecule has 326 valence electrons. The molecule has 0 saturated carbocycles. The number of hydrogen-bond acceptors (Lipinski definition) is 0. The maximum absolute atomic E-state index is 4.11. The largest absolute Gasteiger partial charge is 0.355 e. The predicted molar refractivity (Wildman–Crippen MR) is 293 cm³/mol. The Bertz CT molecular complexity index is 4780. The van der Waals surface area contributed by atoms with Crippen molar-refractivity contribution < 1.29 is 0 Å². The third-order valence-corrected chi connectivity index (χ3v) is 17.5. The van der Waals surface area contributed by atoms with Crippen LogP contribution in [0.4, 0.5) is 0 Å². The van der Waals surface area contributed by atoms with Gasteiger partial charge in [0.15, 0.2) is 0 Å². The van der Waals surface area contributed by atoms with Crippen molar-refractivity contribution in [2.75, 3.05) is 0 Å². The molecule has 0 aliphatic heterocycles. The molecule has 3 heterocycles. The van der Waals surface area contributed by atoms with Crippen LogP contribution >= 0.6 is 0 Å². The molecule has 4 aliphatic rings. The van der Waals surface area contributed by atoms with Crippen LogP contribution in [-0.2, 0) is 10.8 Å². The molecule has 14 aromatic rings. The molecule has 2 spiro atoms. The van der Waals surface area contributed by atoms with Crippen LogP contribution in [0.3, 0.4) is 0 Å². The second-order valence-electron chi connectivity index (χ2n) is 20.4. The summed E-state index contributed by atoms with van der Waals surface area (Å²) in [5.41, 5.74) is 29.8. The Morgan fingerprint density at radius 1 is 0.225 bits per heavy atom. The lowest BCUT2D eigenvalue weighted by Crippen LogP contribution is -2.25. The van der Waals surface area contributed by atoms with Gasteiger partial charge in [-0.15, -0.1) is 0 Å². The number of rotatable bonds is 1. The van der Waals surface area contributed by atoms with Gasteiger partial charge < -0.3 is 15.0 Å². The van der Waals surface area contributed by atoms with Gasteiger partial charge in [-0.3, -0.25) is 0 Å². The van der Waals surface area contributed by atoms with Gasteiger partial charge in [0.2, 0.25) is 0 Å². The lowest BCUT2D eigenvalue weighted by atomic mass is 9.70. The average Bonchev–Trinajstić information content (AvgIpc) is 4.35. The van der Waals surface area contributed by atoms with Gasteiger partial charge in [-0.25, -0.2) is 0 Å². The average molecular weight is 898 g/mol. The van der Waals surface area contributed by atoms with Crippen molar-refractivity contribution in [3.05, 3.63) is 263 Å². The first-order valence-electron chi connectivity index (χ1n) is 24.9. The van der Waals surface area contributed by atoms with Crippen molar-refractivity contribution in [2.45, 2.75) is 10.8 Å². The summed E-state index contributed by atoms with van der Waals surface area (Å²) < 4.78 is 0. The molecule has 2 unspecified atom stereocenters. The lowest BCUT2D eigenvalue weighted by Gasteiger charge is -2.30. The Hall–Kier alpha value is -9.18. The normalized spacial score (nSPS) is 17.4. The van der Waals surface area contributed by atoms with E-state index in [1.165, 1.54) is 160 Å². The Morgan fingerprint density at radius 3 is 1.32 bits per heavy atom. The Balaban J connectivity index is 0.859. The zero-order valence-corrected chi connectivity index (χ0v) is 38.3. The molecule has 3 heteroatoms. The van der Waals surface area contributed by atoms with E-state index in [9.17, 15) is 0 Å². The van der Waals surface area contributed by atoms with Crippen molar-refractivity contribution in [3.8, 4) is 55.6 Å². The highest BCUT2D eigenvalue weighted by atomic mass is 14.7. The highest BCUT2D eigenvalue weighted by Crippen LogP contribution is 2.67. The first-order valence-corrected chi connectivity index (χ1v) is 24.9. The van der Waals surface area contributed by atoms with Gasteiger partial charge >= 0.3 is 0 Å². The first kappa shape index (κ1) is 36.8. The number of H-pyrrole nitrogens is 3. The zero-order valence-electron chi connectivity index (χ0n) is 38.3. The van der Waals surface area contributed by atoms with E-state index in [0.29, 0.717) is 0 Å². The van der Waals surface area contributed by atoms with E-state index in [2.05, 4.69) is 233 Å². The van der Waals surface area contributed by atoms with E-state index in [1.54, 1.807) is 0 Å². The fourth-order valence-electron chi connectivity index (χ4n) is 14.9. The Labute approximate surface area is 407 Å². The Morgan fingerprint density at radius 2 is 0.662 bits per heavy atom. The quantitative estimate of drug-likeness (QED) is 0.147. The molecule has 3 nitrogen and oxygen atoms in total. The summed E-state index contributed by atoms with van der Waals surface area (Å²) in [5.74, 6) is 0. The molecule has 3 N–H and O–H groups in total. The summed E-state index contributed by atoms with van der Waals surface area (Å²) in [6, 6.07) is 82.8. The smallest absolute Gasteiger partial charge is 0.0727 e. The highest BCUT2D eigenvalue weighted by Gasteiger charge is 2.54. The third-order valence-electron chi connectivity index (χ3n) is 17.5. The van der Waals surface area contributed by atoms with E-state index in [0.717, 1.165) is 5.52 Å². The minimum absolute atomic E-state index is 0.466. The van der Waals surface area contributed by atoms with E-state index < -0.39 is 10.8 Å². The highest BCUT2D eigenvalue weighted by molar-refractivity contribution is 6.19. The number of aromatic nitrogens is 3. The summed E-state index contributed by atoms with van der Waals surface area (Å²) in [6.07, 6.45) is 0. The van der Waals surface area contributed by atoms with Gasteiger partial charge in [0.05, 0.1) is 21.9 Å². The van der Waals surface area contributed by atoms with Crippen molar-refractivity contribution in [1.29, 1.82) is 0 Å². The molecule has 2 atom stereocenters. The fourth-order valence-corrected chi connectivity index (χ4v) is 14.9. The number of nitrogens with one attached hydrogen (secondary N) is 3. The van der Waals surface area contributed by atoms with Gasteiger partial charge in [-0.05, 0) is 119 Å². The van der Waals surface area contributed by atoms with Crippen LogP contribution in [0.1, 0.15) is 44.5 Å². The van der Waals surface area contributed by atoms with Crippen LogP contribution in [0.25, 0.3) is 121 Å². The van der Waals surface area contributed by atoms with Crippen LogP contribution < -0.4 is 0 Å². The van der Waals surface area contributed by atoms with Gasteiger partial charge in [0.25, 0.3) is 0 Å². The minimum atomic E-state index is -0.467. The van der Waals surface area contributed by atoms with Gasteiger partial charge in [0, 0.05) is 65.5 Å². The molecular formula is C68H39N3. The van der Waals surface area contributed by atoms with Crippen LogP contribution in [0.15, 0.2) is 218 Å². The monoisotopic (exact) mass is 897 g/mol. The van der Waals surface area contributed by atoms with Crippen molar-refractivity contribution >= 4 is 65.4 Å².